The number of likely N-dealkylation sites (tertiary alicyclic amines) is 1. The molecule has 23 heavy (non-hydrogen) atoms. The van der Waals surface area contributed by atoms with Gasteiger partial charge in [-0.2, -0.15) is 5.10 Å². The van der Waals surface area contributed by atoms with Crippen LogP contribution in [0.25, 0.3) is 0 Å². The highest BCUT2D eigenvalue weighted by Crippen LogP contribution is 2.42. The molecule has 1 atom stereocenters. The fourth-order valence-electron chi connectivity index (χ4n) is 3.67. The Bertz CT molecular complexity index is 728. The minimum Gasteiger partial charge on any atom is -0.337 e. The number of nitrogens with one attached hydrogen (secondary N) is 1. The Balaban J connectivity index is 1.51. The van der Waals surface area contributed by atoms with Crippen molar-refractivity contribution in [1.29, 1.82) is 0 Å². The first-order valence-electron chi connectivity index (χ1n) is 7.81. The van der Waals surface area contributed by atoms with Gasteiger partial charge in [-0.3, -0.25) is 14.7 Å². The second-order valence-corrected chi connectivity index (χ2v) is 6.44. The van der Waals surface area contributed by atoms with Crippen LogP contribution < -0.4 is 4.90 Å². The van der Waals surface area contributed by atoms with E-state index in [1.165, 1.54) is 0 Å². The summed E-state index contributed by atoms with van der Waals surface area (Å²) in [6.07, 6.45) is 2.95. The first kappa shape index (κ1) is 14.0. The molecule has 0 unspecified atom stereocenters. The van der Waals surface area contributed by atoms with Gasteiger partial charge in [-0.25, -0.2) is 0 Å². The third-order valence-corrected chi connectivity index (χ3v) is 4.85. The van der Waals surface area contributed by atoms with Gasteiger partial charge in [0.25, 0.3) is 5.91 Å². The minimum absolute atomic E-state index is 0.0371. The number of aromatic nitrogens is 2. The number of benzene rings is 1. The maximum atomic E-state index is 12.4. The van der Waals surface area contributed by atoms with Crippen LogP contribution in [0.2, 0.25) is 0 Å². The highest BCUT2D eigenvalue weighted by molar-refractivity contribution is 5.97. The van der Waals surface area contributed by atoms with Crippen LogP contribution in [0.5, 0.6) is 0 Å². The third kappa shape index (κ3) is 2.40. The highest BCUT2D eigenvalue weighted by Gasteiger charge is 2.48. The Kier molecular flexibility index (Phi) is 3.18. The Morgan fingerprint density at radius 2 is 2.00 bits per heavy atom. The van der Waals surface area contributed by atoms with Crippen LogP contribution in [-0.4, -0.2) is 46.5 Å². The normalized spacial score (nSPS) is 23.9. The SMILES string of the molecule is O=C(c1ccn[nH]1)N1CC[C@]2(CC(=O)N(c3ccccc3)C2)C1. The first-order valence-corrected chi connectivity index (χ1v) is 7.81. The van der Waals surface area contributed by atoms with E-state index < -0.39 is 0 Å². The smallest absolute Gasteiger partial charge is 0.271 e. The number of hydrogen-bond donors (Lipinski definition) is 1. The number of carbonyl (C=O) groups excluding carboxylic acids is 2. The molecule has 4 rings (SSSR count). The van der Waals surface area contributed by atoms with Gasteiger partial charge in [0.1, 0.15) is 5.69 Å². The first-order chi connectivity index (χ1) is 11.2. The van der Waals surface area contributed by atoms with E-state index in [2.05, 4.69) is 10.2 Å². The Labute approximate surface area is 134 Å². The summed E-state index contributed by atoms with van der Waals surface area (Å²) in [7, 11) is 0. The van der Waals surface area contributed by atoms with E-state index in [0.717, 1.165) is 12.1 Å². The lowest BCUT2D eigenvalue weighted by atomic mass is 9.86. The van der Waals surface area contributed by atoms with Crippen LogP contribution in [0, 0.1) is 5.41 Å². The topological polar surface area (TPSA) is 69.3 Å². The molecular weight excluding hydrogens is 292 g/mol. The van der Waals surface area contributed by atoms with Gasteiger partial charge in [0.15, 0.2) is 0 Å². The van der Waals surface area contributed by atoms with E-state index in [1.807, 2.05) is 40.1 Å². The number of H-pyrrole nitrogens is 1. The Hall–Kier alpha value is -2.63. The van der Waals surface area contributed by atoms with Crippen molar-refractivity contribution in [2.24, 2.45) is 5.41 Å². The van der Waals surface area contributed by atoms with Crippen molar-refractivity contribution < 1.29 is 9.59 Å². The summed E-state index contributed by atoms with van der Waals surface area (Å²) >= 11 is 0. The van der Waals surface area contributed by atoms with Crippen molar-refractivity contribution in [2.45, 2.75) is 12.8 Å². The van der Waals surface area contributed by atoms with Crippen LogP contribution in [0.1, 0.15) is 23.3 Å². The fraction of sp³-hybridized carbons (Fsp3) is 0.353. The third-order valence-electron chi connectivity index (χ3n) is 4.85. The lowest BCUT2D eigenvalue weighted by Gasteiger charge is -2.24. The number of hydrogen-bond acceptors (Lipinski definition) is 3. The van der Waals surface area contributed by atoms with Gasteiger partial charge in [0.05, 0.1) is 0 Å². The number of carbonyl (C=O) groups is 2. The summed E-state index contributed by atoms with van der Waals surface area (Å²) < 4.78 is 0. The molecule has 6 nitrogen and oxygen atoms in total. The second-order valence-electron chi connectivity index (χ2n) is 6.44. The van der Waals surface area contributed by atoms with E-state index in [0.29, 0.717) is 31.7 Å². The predicted molar refractivity (Wildman–Crippen MR) is 85.0 cm³/mol. The average Bonchev–Trinajstić information content (AvgIpc) is 3.29. The summed E-state index contributed by atoms with van der Waals surface area (Å²) in [5.41, 5.74) is 1.32. The van der Waals surface area contributed by atoms with Crippen LogP contribution in [0.3, 0.4) is 0 Å². The molecular formula is C17H18N4O2. The number of anilines is 1. The molecule has 1 spiro atoms. The molecule has 0 bridgehead atoms. The van der Waals surface area contributed by atoms with Crippen LogP contribution >= 0.6 is 0 Å². The van der Waals surface area contributed by atoms with Gasteiger partial charge < -0.3 is 9.80 Å². The maximum absolute atomic E-state index is 12.4. The number of para-hydroxylation sites is 1. The molecule has 6 heteroatoms. The van der Waals surface area contributed by atoms with E-state index in [-0.39, 0.29) is 17.2 Å². The van der Waals surface area contributed by atoms with Gasteiger partial charge in [0.2, 0.25) is 5.91 Å². The summed E-state index contributed by atoms with van der Waals surface area (Å²) in [6, 6.07) is 11.4. The maximum Gasteiger partial charge on any atom is 0.271 e. The lowest BCUT2D eigenvalue weighted by molar-refractivity contribution is -0.117. The molecule has 2 aliphatic heterocycles. The molecule has 0 radical (unpaired) electrons. The van der Waals surface area contributed by atoms with Crippen molar-refractivity contribution in [3.63, 3.8) is 0 Å². The summed E-state index contributed by atoms with van der Waals surface area (Å²) in [6.45, 7) is 2.00. The Morgan fingerprint density at radius 3 is 2.74 bits per heavy atom. The molecule has 3 heterocycles. The summed E-state index contributed by atoms with van der Waals surface area (Å²) in [5, 5.41) is 6.55. The average molecular weight is 310 g/mol. The molecule has 1 aromatic heterocycles. The van der Waals surface area contributed by atoms with E-state index >= 15 is 0 Å². The van der Waals surface area contributed by atoms with Crippen molar-refractivity contribution in [1.82, 2.24) is 15.1 Å². The van der Waals surface area contributed by atoms with E-state index in [1.54, 1.807) is 12.3 Å². The molecule has 118 valence electrons. The zero-order valence-electron chi connectivity index (χ0n) is 12.7. The zero-order valence-corrected chi connectivity index (χ0v) is 12.7. The molecule has 0 saturated carbocycles. The van der Waals surface area contributed by atoms with Gasteiger partial charge in [-0.05, 0) is 24.6 Å². The van der Waals surface area contributed by atoms with Crippen LogP contribution in [0.4, 0.5) is 5.69 Å². The van der Waals surface area contributed by atoms with Crippen molar-refractivity contribution in [3.8, 4) is 0 Å². The highest BCUT2D eigenvalue weighted by atomic mass is 16.2. The van der Waals surface area contributed by atoms with E-state index in [9.17, 15) is 9.59 Å². The van der Waals surface area contributed by atoms with Crippen LogP contribution in [-0.2, 0) is 4.79 Å². The summed E-state index contributed by atoms with van der Waals surface area (Å²) in [4.78, 5) is 28.6. The lowest BCUT2D eigenvalue weighted by Crippen LogP contribution is -2.34. The molecule has 2 aromatic rings. The number of nitrogens with zero attached hydrogens (tertiary/aromatic N) is 3. The molecule has 2 saturated heterocycles. The van der Waals surface area contributed by atoms with Crippen molar-refractivity contribution in [3.05, 3.63) is 48.3 Å². The Morgan fingerprint density at radius 1 is 1.17 bits per heavy atom. The molecule has 2 aliphatic rings. The number of amides is 2. The largest absolute Gasteiger partial charge is 0.337 e. The molecule has 1 N–H and O–H groups in total. The van der Waals surface area contributed by atoms with Crippen molar-refractivity contribution >= 4 is 17.5 Å². The molecule has 1 aromatic carbocycles. The van der Waals surface area contributed by atoms with Gasteiger partial charge >= 0.3 is 0 Å². The number of aromatic amines is 1. The minimum atomic E-state index is -0.122. The van der Waals surface area contributed by atoms with E-state index in [4.69, 9.17) is 0 Å². The second kappa shape index (κ2) is 5.22. The number of rotatable bonds is 2. The van der Waals surface area contributed by atoms with Crippen LogP contribution in [0.15, 0.2) is 42.6 Å². The molecule has 0 aliphatic carbocycles. The van der Waals surface area contributed by atoms with Crippen molar-refractivity contribution in [2.75, 3.05) is 24.5 Å². The fourth-order valence-corrected chi connectivity index (χ4v) is 3.67. The monoisotopic (exact) mass is 310 g/mol. The molecule has 2 fully saturated rings. The van der Waals surface area contributed by atoms with Gasteiger partial charge in [-0.1, -0.05) is 18.2 Å². The van der Waals surface area contributed by atoms with Gasteiger partial charge in [-0.15, -0.1) is 0 Å². The quantitative estimate of drug-likeness (QED) is 0.917. The zero-order chi connectivity index (χ0) is 15.9. The molecule has 2 amide bonds. The summed E-state index contributed by atoms with van der Waals surface area (Å²) in [5.74, 6) is 0.108. The standard InChI is InChI=1S/C17H18N4O2/c22-15-10-17(12-21(15)13-4-2-1-3-5-13)7-9-20(11-17)16(23)14-6-8-18-19-14/h1-6,8H,7,9-12H2,(H,18,19)/t17-/m0/s1. The predicted octanol–water partition coefficient (Wildman–Crippen LogP) is 1.68. The van der Waals surface area contributed by atoms with Gasteiger partial charge in [0, 0.05) is 43.4 Å².